The molecule has 0 saturated heterocycles. The summed E-state index contributed by atoms with van der Waals surface area (Å²) in [5.41, 5.74) is 2.49. The number of fused-ring (bicyclic) bond motifs is 2. The molecule has 1 unspecified atom stereocenters. The maximum Gasteiger partial charge on any atom is 0.270 e. The van der Waals surface area contributed by atoms with E-state index in [4.69, 9.17) is 11.6 Å². The average Bonchev–Trinajstić information content (AvgIpc) is 3.00. The zero-order valence-electron chi connectivity index (χ0n) is 12.7. The van der Waals surface area contributed by atoms with Gasteiger partial charge in [0, 0.05) is 0 Å². The third-order valence-corrected chi connectivity index (χ3v) is 5.99. The quantitative estimate of drug-likeness (QED) is 0.656. The summed E-state index contributed by atoms with van der Waals surface area (Å²) < 4.78 is 27.0. The molecule has 3 aromatic rings. The van der Waals surface area contributed by atoms with Gasteiger partial charge in [-0.05, 0) is 35.6 Å². The molecular weight excluding hydrogens is 348 g/mol. The SMILES string of the molecule is CC1C=Cc2cc(S(=O)(=O)n3cnc4c(Cl)ncnc43)ccc2C1. The largest absolute Gasteiger partial charge is 0.270 e. The maximum absolute atomic E-state index is 13.0. The molecule has 122 valence electrons. The van der Waals surface area contributed by atoms with Gasteiger partial charge in [-0.2, -0.15) is 0 Å². The predicted molar refractivity (Wildman–Crippen MR) is 91.3 cm³/mol. The Morgan fingerprint density at radius 3 is 2.92 bits per heavy atom. The molecule has 1 aromatic carbocycles. The Hall–Kier alpha value is -2.25. The number of nitrogens with zero attached hydrogens (tertiary/aromatic N) is 4. The molecule has 0 amide bonds. The first kappa shape index (κ1) is 15.3. The van der Waals surface area contributed by atoms with Gasteiger partial charge < -0.3 is 0 Å². The summed E-state index contributed by atoms with van der Waals surface area (Å²) in [6.45, 7) is 2.13. The van der Waals surface area contributed by atoms with Crippen molar-refractivity contribution in [1.82, 2.24) is 18.9 Å². The molecule has 1 atom stereocenters. The van der Waals surface area contributed by atoms with E-state index in [2.05, 4.69) is 28.0 Å². The monoisotopic (exact) mass is 360 g/mol. The lowest BCUT2D eigenvalue weighted by Gasteiger charge is -2.16. The van der Waals surface area contributed by atoms with Gasteiger partial charge in [-0.15, -0.1) is 0 Å². The Labute approximate surface area is 143 Å². The Bertz CT molecular complexity index is 1090. The summed E-state index contributed by atoms with van der Waals surface area (Å²) in [7, 11) is -3.81. The minimum Gasteiger partial charge on any atom is -0.231 e. The van der Waals surface area contributed by atoms with Crippen LogP contribution in [0.5, 0.6) is 0 Å². The first-order valence-electron chi connectivity index (χ1n) is 7.37. The summed E-state index contributed by atoms with van der Waals surface area (Å²) in [5.74, 6) is 0.455. The Balaban J connectivity index is 1.87. The van der Waals surface area contributed by atoms with Crippen molar-refractivity contribution in [3.05, 3.63) is 53.2 Å². The number of benzene rings is 1. The standard InChI is InChI=1S/C16H13ClN4O2S/c1-10-2-3-12-7-13(5-4-11(12)6-10)24(22,23)21-9-20-14-15(17)18-8-19-16(14)21/h2-5,7-10H,6H2,1H3. The molecule has 0 saturated carbocycles. The molecule has 0 bridgehead atoms. The molecule has 2 heterocycles. The van der Waals surface area contributed by atoms with Crippen molar-refractivity contribution in [2.24, 2.45) is 5.92 Å². The first-order valence-corrected chi connectivity index (χ1v) is 9.19. The molecule has 0 aliphatic heterocycles. The van der Waals surface area contributed by atoms with Crippen molar-refractivity contribution < 1.29 is 8.42 Å². The minimum atomic E-state index is -3.81. The number of allylic oxidation sites excluding steroid dienone is 1. The predicted octanol–water partition coefficient (Wildman–Crippen LogP) is 2.92. The molecule has 0 radical (unpaired) electrons. The van der Waals surface area contributed by atoms with E-state index in [9.17, 15) is 8.42 Å². The van der Waals surface area contributed by atoms with Gasteiger partial charge >= 0.3 is 0 Å². The number of aromatic nitrogens is 4. The van der Waals surface area contributed by atoms with Crippen molar-refractivity contribution in [1.29, 1.82) is 0 Å². The summed E-state index contributed by atoms with van der Waals surface area (Å²) in [6.07, 6.45) is 7.38. The number of rotatable bonds is 2. The summed E-state index contributed by atoms with van der Waals surface area (Å²) in [5, 5.41) is 0.122. The number of imidazole rings is 1. The van der Waals surface area contributed by atoms with Gasteiger partial charge in [0.05, 0.1) is 4.90 Å². The van der Waals surface area contributed by atoms with Crippen LogP contribution < -0.4 is 0 Å². The fraction of sp³-hybridized carbons (Fsp3) is 0.188. The van der Waals surface area contributed by atoms with E-state index in [1.807, 2.05) is 12.1 Å². The van der Waals surface area contributed by atoms with Gasteiger partial charge in [-0.1, -0.05) is 36.7 Å². The fourth-order valence-electron chi connectivity index (χ4n) is 2.83. The van der Waals surface area contributed by atoms with Crippen LogP contribution in [0.1, 0.15) is 18.1 Å². The zero-order chi connectivity index (χ0) is 16.9. The third-order valence-electron chi connectivity index (χ3n) is 4.08. The fourth-order valence-corrected chi connectivity index (χ4v) is 4.29. The highest BCUT2D eigenvalue weighted by atomic mass is 35.5. The topological polar surface area (TPSA) is 77.7 Å². The summed E-state index contributed by atoms with van der Waals surface area (Å²) in [6, 6.07) is 5.17. The van der Waals surface area contributed by atoms with Crippen LogP contribution in [-0.4, -0.2) is 27.3 Å². The molecule has 8 heteroatoms. The molecule has 1 aliphatic rings. The number of hydrogen-bond acceptors (Lipinski definition) is 5. The second kappa shape index (κ2) is 5.39. The molecule has 4 rings (SSSR count). The summed E-state index contributed by atoms with van der Waals surface area (Å²) in [4.78, 5) is 12.0. The van der Waals surface area contributed by atoms with Gasteiger partial charge in [0.15, 0.2) is 10.8 Å². The van der Waals surface area contributed by atoms with Crippen molar-refractivity contribution in [2.75, 3.05) is 0 Å². The van der Waals surface area contributed by atoms with Crippen molar-refractivity contribution in [3.8, 4) is 0 Å². The minimum absolute atomic E-state index is 0.122. The number of hydrogen-bond donors (Lipinski definition) is 0. The molecule has 2 aromatic heterocycles. The molecule has 0 spiro atoms. The van der Waals surface area contributed by atoms with E-state index >= 15 is 0 Å². The van der Waals surface area contributed by atoms with E-state index in [-0.39, 0.29) is 21.2 Å². The molecular formula is C16H13ClN4O2S. The molecule has 0 N–H and O–H groups in total. The molecule has 0 fully saturated rings. The highest BCUT2D eigenvalue weighted by molar-refractivity contribution is 7.90. The lowest BCUT2D eigenvalue weighted by Crippen LogP contribution is -2.14. The van der Waals surface area contributed by atoms with Crippen LogP contribution in [-0.2, 0) is 16.4 Å². The Kier molecular flexibility index (Phi) is 3.43. The number of halogens is 1. The first-order chi connectivity index (χ1) is 11.5. The second-order valence-electron chi connectivity index (χ2n) is 5.78. The van der Waals surface area contributed by atoms with Gasteiger partial charge in [-0.3, -0.25) is 0 Å². The van der Waals surface area contributed by atoms with E-state index in [1.165, 1.54) is 12.7 Å². The Morgan fingerprint density at radius 1 is 1.25 bits per heavy atom. The van der Waals surface area contributed by atoms with E-state index in [1.54, 1.807) is 12.1 Å². The van der Waals surface area contributed by atoms with Gasteiger partial charge in [0.2, 0.25) is 0 Å². The van der Waals surface area contributed by atoms with Gasteiger partial charge in [0.1, 0.15) is 18.2 Å². The second-order valence-corrected chi connectivity index (χ2v) is 7.96. The highest BCUT2D eigenvalue weighted by Gasteiger charge is 2.23. The van der Waals surface area contributed by atoms with Crippen LogP contribution in [0.25, 0.3) is 17.2 Å². The van der Waals surface area contributed by atoms with Gasteiger partial charge in [0.25, 0.3) is 10.0 Å². The van der Waals surface area contributed by atoms with E-state index in [0.717, 1.165) is 21.5 Å². The van der Waals surface area contributed by atoms with E-state index in [0.29, 0.717) is 5.92 Å². The molecule has 24 heavy (non-hydrogen) atoms. The smallest absolute Gasteiger partial charge is 0.231 e. The molecule has 6 nitrogen and oxygen atoms in total. The molecule has 1 aliphatic carbocycles. The van der Waals surface area contributed by atoms with Crippen molar-refractivity contribution in [2.45, 2.75) is 18.2 Å². The lowest BCUT2D eigenvalue weighted by molar-refractivity contribution is 0.588. The van der Waals surface area contributed by atoms with Gasteiger partial charge in [-0.25, -0.2) is 27.3 Å². The van der Waals surface area contributed by atoms with Crippen LogP contribution in [0.3, 0.4) is 0 Å². The van der Waals surface area contributed by atoms with Crippen molar-refractivity contribution >= 4 is 38.9 Å². The maximum atomic E-state index is 13.0. The average molecular weight is 361 g/mol. The summed E-state index contributed by atoms with van der Waals surface area (Å²) >= 11 is 5.94. The van der Waals surface area contributed by atoms with Crippen LogP contribution in [0.4, 0.5) is 0 Å². The van der Waals surface area contributed by atoms with Crippen LogP contribution >= 0.6 is 11.6 Å². The Morgan fingerprint density at radius 2 is 2.08 bits per heavy atom. The highest BCUT2D eigenvalue weighted by Crippen LogP contribution is 2.27. The zero-order valence-corrected chi connectivity index (χ0v) is 14.3. The third kappa shape index (κ3) is 2.32. The van der Waals surface area contributed by atoms with E-state index < -0.39 is 10.0 Å². The normalized spacial score (nSPS) is 17.2. The van der Waals surface area contributed by atoms with Crippen molar-refractivity contribution in [3.63, 3.8) is 0 Å². The van der Waals surface area contributed by atoms with Crippen LogP contribution in [0.15, 0.2) is 41.8 Å². The van der Waals surface area contributed by atoms with Crippen LogP contribution in [0, 0.1) is 5.92 Å². The lowest BCUT2D eigenvalue weighted by atomic mass is 9.91. The van der Waals surface area contributed by atoms with Crippen LogP contribution in [0.2, 0.25) is 5.15 Å².